The molecule has 2 N–H and O–H groups in total. The molecule has 0 bridgehead atoms. The Labute approximate surface area is 121 Å². The molecule has 0 saturated carbocycles. The van der Waals surface area contributed by atoms with Gasteiger partial charge in [-0.05, 0) is 30.3 Å². The van der Waals surface area contributed by atoms with Crippen molar-refractivity contribution in [3.05, 3.63) is 59.7 Å². The van der Waals surface area contributed by atoms with Gasteiger partial charge in [-0.1, -0.05) is 17.9 Å². The lowest BCUT2D eigenvalue weighted by atomic mass is 10.2. The number of nitrogens with zero attached hydrogens (tertiary/aromatic N) is 1. The lowest BCUT2D eigenvalue weighted by Crippen LogP contribution is -2.13. The van der Waals surface area contributed by atoms with Crippen molar-refractivity contribution in [1.29, 1.82) is 0 Å². The van der Waals surface area contributed by atoms with Gasteiger partial charge >= 0.3 is 0 Å². The number of halogens is 1. The molecule has 0 aliphatic heterocycles. The largest absolute Gasteiger partial charge is 0.395 e. The van der Waals surface area contributed by atoms with Gasteiger partial charge in [-0.2, -0.15) is 0 Å². The minimum absolute atomic E-state index is 0.0786. The topological polar surface area (TPSA) is 62.2 Å². The fraction of sp³-hybridized carbons (Fsp3) is 0.125. The third-order valence-electron chi connectivity index (χ3n) is 2.58. The van der Waals surface area contributed by atoms with Crippen LogP contribution < -0.4 is 5.32 Å². The maximum absolute atomic E-state index is 13.6. The molecular formula is C16H13FN2O2. The van der Waals surface area contributed by atoms with E-state index in [4.69, 9.17) is 5.11 Å². The Kier molecular flexibility index (Phi) is 5.02. The summed E-state index contributed by atoms with van der Waals surface area (Å²) in [5.41, 5.74) is 0.873. The zero-order chi connectivity index (χ0) is 15.1. The average molecular weight is 284 g/mol. The Bertz CT molecular complexity index is 690. The van der Waals surface area contributed by atoms with Crippen LogP contribution in [0.3, 0.4) is 0 Å². The van der Waals surface area contributed by atoms with E-state index in [9.17, 15) is 9.18 Å². The standard InChI is InChI=1S/C16H13FN2O2/c17-14-8-7-13(11-12(14)5-2-4-10-20)19-16(21)15-6-1-3-9-18-15/h1,3,6-9,11,20H,4,10H2,(H,19,21). The second-order valence-electron chi connectivity index (χ2n) is 4.14. The minimum atomic E-state index is -0.476. The number of carbonyl (C=O) groups is 1. The van der Waals surface area contributed by atoms with Crippen LogP contribution in [-0.2, 0) is 0 Å². The number of pyridine rings is 1. The monoisotopic (exact) mass is 284 g/mol. The first-order valence-corrected chi connectivity index (χ1v) is 6.32. The fourth-order valence-corrected chi connectivity index (χ4v) is 1.60. The third kappa shape index (κ3) is 4.13. The molecule has 2 aromatic rings. The van der Waals surface area contributed by atoms with E-state index in [2.05, 4.69) is 22.1 Å². The van der Waals surface area contributed by atoms with Crippen molar-refractivity contribution >= 4 is 11.6 Å². The second-order valence-corrected chi connectivity index (χ2v) is 4.14. The fourth-order valence-electron chi connectivity index (χ4n) is 1.60. The molecule has 5 heteroatoms. The molecule has 2 rings (SSSR count). The number of aliphatic hydroxyl groups is 1. The highest BCUT2D eigenvalue weighted by atomic mass is 19.1. The quantitative estimate of drug-likeness (QED) is 0.849. The summed E-state index contributed by atoms with van der Waals surface area (Å²) in [5.74, 6) is 4.40. The first-order valence-electron chi connectivity index (χ1n) is 6.32. The van der Waals surface area contributed by atoms with Gasteiger partial charge in [-0.25, -0.2) is 4.39 Å². The summed E-state index contributed by atoms with van der Waals surface area (Å²) in [5, 5.41) is 11.3. The van der Waals surface area contributed by atoms with Crippen LogP contribution in [0.2, 0.25) is 0 Å². The van der Waals surface area contributed by atoms with Crippen molar-refractivity contribution in [3.63, 3.8) is 0 Å². The van der Waals surface area contributed by atoms with E-state index in [1.54, 1.807) is 18.2 Å². The first-order chi connectivity index (χ1) is 10.2. The summed E-state index contributed by atoms with van der Waals surface area (Å²) in [4.78, 5) is 15.9. The zero-order valence-electron chi connectivity index (χ0n) is 11.1. The van der Waals surface area contributed by atoms with Gasteiger partial charge in [-0.15, -0.1) is 0 Å². The number of aliphatic hydroxyl groups excluding tert-OH is 1. The minimum Gasteiger partial charge on any atom is -0.395 e. The molecular weight excluding hydrogens is 271 g/mol. The number of rotatable bonds is 3. The molecule has 106 valence electrons. The lowest BCUT2D eigenvalue weighted by molar-refractivity contribution is 0.102. The molecule has 0 saturated heterocycles. The maximum Gasteiger partial charge on any atom is 0.274 e. The summed E-state index contributed by atoms with van der Waals surface area (Å²) in [6, 6.07) is 9.13. The van der Waals surface area contributed by atoms with Crippen LogP contribution in [-0.4, -0.2) is 22.6 Å². The molecule has 1 aromatic heterocycles. The van der Waals surface area contributed by atoms with Crippen molar-refractivity contribution < 1.29 is 14.3 Å². The Hall–Kier alpha value is -2.71. The van der Waals surface area contributed by atoms with Crippen LogP contribution >= 0.6 is 0 Å². The zero-order valence-corrected chi connectivity index (χ0v) is 11.1. The molecule has 1 amide bonds. The number of amides is 1. The van der Waals surface area contributed by atoms with Crippen LogP contribution in [0.15, 0.2) is 42.6 Å². The predicted octanol–water partition coefficient (Wildman–Crippen LogP) is 2.21. The Morgan fingerprint density at radius 1 is 1.33 bits per heavy atom. The average Bonchev–Trinajstić information content (AvgIpc) is 2.51. The summed E-state index contributed by atoms with van der Waals surface area (Å²) in [7, 11) is 0. The number of anilines is 1. The second kappa shape index (κ2) is 7.17. The summed E-state index contributed by atoms with van der Waals surface area (Å²) in [6.45, 7) is -0.0786. The summed E-state index contributed by atoms with van der Waals surface area (Å²) < 4.78 is 13.6. The van der Waals surface area contributed by atoms with E-state index in [1.165, 1.54) is 24.4 Å². The summed E-state index contributed by atoms with van der Waals surface area (Å²) in [6.07, 6.45) is 1.79. The van der Waals surface area contributed by atoms with Gasteiger partial charge < -0.3 is 10.4 Å². The van der Waals surface area contributed by atoms with Crippen molar-refractivity contribution in [2.75, 3.05) is 11.9 Å². The maximum atomic E-state index is 13.6. The van der Waals surface area contributed by atoms with Crippen molar-refractivity contribution in [3.8, 4) is 11.8 Å². The van der Waals surface area contributed by atoms with Crippen LogP contribution in [0.25, 0.3) is 0 Å². The van der Waals surface area contributed by atoms with Crippen LogP contribution in [0.1, 0.15) is 22.5 Å². The molecule has 0 fully saturated rings. The lowest BCUT2D eigenvalue weighted by Gasteiger charge is -2.05. The van der Waals surface area contributed by atoms with E-state index in [0.29, 0.717) is 5.69 Å². The van der Waals surface area contributed by atoms with Gasteiger partial charge in [0.2, 0.25) is 0 Å². The number of hydrogen-bond donors (Lipinski definition) is 2. The van der Waals surface area contributed by atoms with E-state index in [-0.39, 0.29) is 30.2 Å². The van der Waals surface area contributed by atoms with Gasteiger partial charge in [0.1, 0.15) is 11.5 Å². The van der Waals surface area contributed by atoms with Crippen molar-refractivity contribution in [2.45, 2.75) is 6.42 Å². The highest BCUT2D eigenvalue weighted by molar-refractivity contribution is 6.02. The van der Waals surface area contributed by atoms with Crippen LogP contribution in [0, 0.1) is 17.7 Å². The van der Waals surface area contributed by atoms with Gasteiger partial charge in [0.05, 0.1) is 12.2 Å². The SMILES string of the molecule is O=C(Nc1ccc(F)c(C#CCCO)c1)c1ccccn1. The van der Waals surface area contributed by atoms with E-state index >= 15 is 0 Å². The highest BCUT2D eigenvalue weighted by Gasteiger charge is 2.08. The van der Waals surface area contributed by atoms with E-state index < -0.39 is 5.82 Å². The summed E-state index contributed by atoms with van der Waals surface area (Å²) >= 11 is 0. The predicted molar refractivity (Wildman–Crippen MR) is 77.2 cm³/mol. The number of benzene rings is 1. The smallest absolute Gasteiger partial charge is 0.274 e. The Morgan fingerprint density at radius 3 is 2.90 bits per heavy atom. The molecule has 4 nitrogen and oxygen atoms in total. The van der Waals surface area contributed by atoms with E-state index in [1.807, 2.05) is 0 Å². The van der Waals surface area contributed by atoms with E-state index in [0.717, 1.165) is 0 Å². The molecule has 1 aromatic carbocycles. The normalized spacial score (nSPS) is 9.62. The van der Waals surface area contributed by atoms with Gasteiger partial charge in [0.15, 0.2) is 0 Å². The molecule has 0 unspecified atom stereocenters. The molecule has 21 heavy (non-hydrogen) atoms. The van der Waals surface area contributed by atoms with Crippen LogP contribution in [0.5, 0.6) is 0 Å². The molecule has 0 atom stereocenters. The van der Waals surface area contributed by atoms with Crippen molar-refractivity contribution in [1.82, 2.24) is 4.98 Å². The number of carbonyl (C=O) groups excluding carboxylic acids is 1. The third-order valence-corrected chi connectivity index (χ3v) is 2.58. The van der Waals surface area contributed by atoms with Crippen molar-refractivity contribution in [2.24, 2.45) is 0 Å². The molecule has 0 aliphatic rings. The molecule has 0 aliphatic carbocycles. The molecule has 0 radical (unpaired) electrons. The van der Waals surface area contributed by atoms with Gasteiger partial charge in [0.25, 0.3) is 5.91 Å². The van der Waals surface area contributed by atoms with Gasteiger partial charge in [-0.3, -0.25) is 9.78 Å². The Morgan fingerprint density at radius 2 is 2.19 bits per heavy atom. The van der Waals surface area contributed by atoms with Crippen LogP contribution in [0.4, 0.5) is 10.1 Å². The number of hydrogen-bond acceptors (Lipinski definition) is 3. The number of nitrogens with one attached hydrogen (secondary N) is 1. The Balaban J connectivity index is 2.16. The number of aromatic nitrogens is 1. The molecule has 1 heterocycles. The highest BCUT2D eigenvalue weighted by Crippen LogP contribution is 2.14. The first kappa shape index (κ1) is 14.7. The van der Waals surface area contributed by atoms with Gasteiger partial charge in [0, 0.05) is 18.3 Å². The molecule has 0 spiro atoms.